The molecule has 3 aliphatic rings. The summed E-state index contributed by atoms with van der Waals surface area (Å²) in [5.74, 6) is 0. The molecule has 1 aromatic carbocycles. The minimum absolute atomic E-state index is 0.0376. The summed E-state index contributed by atoms with van der Waals surface area (Å²) in [6.45, 7) is 1.11. The predicted octanol–water partition coefficient (Wildman–Crippen LogP) is 3.35. The van der Waals surface area contributed by atoms with Crippen LogP contribution in [0.3, 0.4) is 0 Å². The second-order valence-corrected chi connectivity index (χ2v) is 7.01. The number of benzene rings is 1. The molecule has 3 fully saturated rings. The number of carbonyl (C=O) groups excluding carboxylic acids is 1. The average molecular weight is 302 g/mol. The molecule has 3 saturated carbocycles. The van der Waals surface area contributed by atoms with E-state index in [2.05, 4.69) is 5.32 Å². The number of nitrogens with two attached hydrogens (primary N) is 1. The molecule has 0 spiro atoms. The van der Waals surface area contributed by atoms with Crippen molar-refractivity contribution in [3.8, 4) is 0 Å². The maximum atomic E-state index is 12.1. The fourth-order valence-electron chi connectivity index (χ4n) is 4.11. The van der Waals surface area contributed by atoms with Crippen molar-refractivity contribution in [1.82, 2.24) is 5.32 Å². The molecule has 0 radical (unpaired) electrons. The van der Waals surface area contributed by atoms with Crippen molar-refractivity contribution >= 4 is 6.09 Å². The van der Waals surface area contributed by atoms with Gasteiger partial charge in [-0.3, -0.25) is 0 Å². The molecular formula is C18H26N2O2. The Bertz CT molecular complexity index is 491. The largest absolute Gasteiger partial charge is 0.445 e. The molecule has 0 saturated heterocycles. The van der Waals surface area contributed by atoms with Crippen LogP contribution in [0.15, 0.2) is 30.3 Å². The van der Waals surface area contributed by atoms with Crippen LogP contribution < -0.4 is 11.1 Å². The summed E-state index contributed by atoms with van der Waals surface area (Å²) < 4.78 is 5.38. The molecule has 4 heteroatoms. The molecule has 0 unspecified atom stereocenters. The van der Waals surface area contributed by atoms with Gasteiger partial charge in [0.15, 0.2) is 0 Å². The van der Waals surface area contributed by atoms with Gasteiger partial charge in [-0.15, -0.1) is 0 Å². The maximum absolute atomic E-state index is 12.1. The first-order chi connectivity index (χ1) is 10.7. The van der Waals surface area contributed by atoms with E-state index in [0.717, 1.165) is 37.8 Å². The van der Waals surface area contributed by atoms with Crippen molar-refractivity contribution in [2.45, 2.75) is 57.1 Å². The third-order valence-corrected chi connectivity index (χ3v) is 5.66. The average Bonchev–Trinajstić information content (AvgIpc) is 2.56. The summed E-state index contributed by atoms with van der Waals surface area (Å²) in [5, 5.41) is 3.16. The molecular weight excluding hydrogens is 276 g/mol. The smallest absolute Gasteiger partial charge is 0.407 e. The summed E-state index contributed by atoms with van der Waals surface area (Å²) in [7, 11) is 0. The van der Waals surface area contributed by atoms with Crippen molar-refractivity contribution in [1.29, 1.82) is 0 Å². The van der Waals surface area contributed by atoms with Gasteiger partial charge in [-0.25, -0.2) is 4.79 Å². The van der Waals surface area contributed by atoms with Crippen LogP contribution in [0.25, 0.3) is 0 Å². The van der Waals surface area contributed by atoms with Crippen molar-refractivity contribution < 1.29 is 9.53 Å². The van der Waals surface area contributed by atoms with Gasteiger partial charge in [0.1, 0.15) is 6.61 Å². The van der Waals surface area contributed by atoms with E-state index < -0.39 is 0 Å². The predicted molar refractivity (Wildman–Crippen MR) is 86.3 cm³/mol. The van der Waals surface area contributed by atoms with Crippen molar-refractivity contribution in [2.75, 3.05) is 6.54 Å². The highest BCUT2D eigenvalue weighted by Gasteiger charge is 2.48. The van der Waals surface area contributed by atoms with Gasteiger partial charge in [0, 0.05) is 5.54 Å². The fourth-order valence-corrected chi connectivity index (χ4v) is 4.11. The van der Waals surface area contributed by atoms with Crippen LogP contribution >= 0.6 is 0 Å². The minimum Gasteiger partial charge on any atom is -0.445 e. The molecule has 3 N–H and O–H groups in total. The first-order valence-corrected chi connectivity index (χ1v) is 8.34. The van der Waals surface area contributed by atoms with Gasteiger partial charge in [0.2, 0.25) is 0 Å². The maximum Gasteiger partial charge on any atom is 0.407 e. The van der Waals surface area contributed by atoms with Gasteiger partial charge in [-0.1, -0.05) is 30.3 Å². The van der Waals surface area contributed by atoms with Crippen LogP contribution in [-0.4, -0.2) is 18.2 Å². The lowest BCUT2D eigenvalue weighted by molar-refractivity contribution is 0.0160. The zero-order valence-corrected chi connectivity index (χ0v) is 13.1. The Morgan fingerprint density at radius 3 is 2.32 bits per heavy atom. The molecule has 0 aliphatic heterocycles. The third-order valence-electron chi connectivity index (χ3n) is 5.66. The topological polar surface area (TPSA) is 64.3 Å². The van der Waals surface area contributed by atoms with Gasteiger partial charge in [0.25, 0.3) is 0 Å². The fraction of sp³-hybridized carbons (Fsp3) is 0.611. The standard InChI is InChI=1S/C18H26N2O2/c19-13-12-17-6-9-18(10-7-17,11-8-17)20-16(21)22-14-15-4-2-1-3-5-15/h1-5H,6-14,19H2,(H,20,21). The van der Waals surface area contributed by atoms with Crippen LogP contribution in [0.5, 0.6) is 0 Å². The van der Waals surface area contributed by atoms with Crippen LogP contribution in [-0.2, 0) is 11.3 Å². The van der Waals surface area contributed by atoms with Crippen LogP contribution in [0.4, 0.5) is 4.79 Å². The summed E-state index contributed by atoms with van der Waals surface area (Å²) in [4.78, 5) is 12.1. The molecule has 120 valence electrons. The molecule has 0 atom stereocenters. The lowest BCUT2D eigenvalue weighted by atomic mass is 9.56. The van der Waals surface area contributed by atoms with Gasteiger partial charge in [0.05, 0.1) is 0 Å². The Labute approximate surface area is 132 Å². The Kier molecular flexibility index (Phi) is 4.39. The molecule has 1 aromatic rings. The number of amides is 1. The summed E-state index contributed by atoms with van der Waals surface area (Å²) in [5.41, 5.74) is 7.19. The number of ether oxygens (including phenoxy) is 1. The molecule has 0 heterocycles. The van der Waals surface area contributed by atoms with Gasteiger partial charge in [-0.2, -0.15) is 0 Å². The molecule has 3 aliphatic carbocycles. The second-order valence-electron chi connectivity index (χ2n) is 7.01. The minimum atomic E-state index is -0.280. The zero-order valence-electron chi connectivity index (χ0n) is 13.1. The molecule has 1 amide bonds. The number of alkyl carbamates (subject to hydrolysis) is 1. The number of carbonyl (C=O) groups is 1. The molecule has 22 heavy (non-hydrogen) atoms. The molecule has 2 bridgehead atoms. The van der Waals surface area contributed by atoms with Crippen molar-refractivity contribution in [2.24, 2.45) is 11.1 Å². The first-order valence-electron chi connectivity index (χ1n) is 8.34. The Balaban J connectivity index is 1.50. The van der Waals surface area contributed by atoms with E-state index >= 15 is 0 Å². The van der Waals surface area contributed by atoms with E-state index in [1.165, 1.54) is 19.3 Å². The van der Waals surface area contributed by atoms with E-state index in [9.17, 15) is 4.79 Å². The van der Waals surface area contributed by atoms with Gasteiger partial charge < -0.3 is 15.8 Å². The van der Waals surface area contributed by atoms with Gasteiger partial charge >= 0.3 is 6.09 Å². The SMILES string of the molecule is NCCC12CCC(NC(=O)OCc3ccccc3)(CC1)CC2. The number of rotatable bonds is 5. The van der Waals surface area contributed by atoms with E-state index in [1.54, 1.807) is 0 Å². The highest BCUT2D eigenvalue weighted by molar-refractivity contribution is 5.68. The van der Waals surface area contributed by atoms with Crippen molar-refractivity contribution in [3.63, 3.8) is 0 Å². The monoisotopic (exact) mass is 302 g/mol. The van der Waals surface area contributed by atoms with Crippen molar-refractivity contribution in [3.05, 3.63) is 35.9 Å². The highest BCUT2D eigenvalue weighted by Crippen LogP contribution is 2.53. The van der Waals surface area contributed by atoms with Crippen LogP contribution in [0.2, 0.25) is 0 Å². The van der Waals surface area contributed by atoms with Crippen LogP contribution in [0.1, 0.15) is 50.5 Å². The number of fused-ring (bicyclic) bond motifs is 3. The highest BCUT2D eigenvalue weighted by atomic mass is 16.5. The zero-order chi connectivity index (χ0) is 15.5. The quantitative estimate of drug-likeness (QED) is 0.876. The Hall–Kier alpha value is -1.55. The Morgan fingerprint density at radius 1 is 1.09 bits per heavy atom. The lowest BCUT2D eigenvalue weighted by Crippen LogP contribution is -2.56. The summed E-state index contributed by atoms with van der Waals surface area (Å²) in [6, 6.07) is 9.80. The summed E-state index contributed by atoms with van der Waals surface area (Å²) in [6.07, 6.45) is 7.59. The molecule has 4 nitrogen and oxygen atoms in total. The normalized spacial score (nSPS) is 30.0. The number of nitrogens with one attached hydrogen (secondary N) is 1. The molecule has 4 rings (SSSR count). The summed E-state index contributed by atoms with van der Waals surface area (Å²) >= 11 is 0. The second kappa shape index (κ2) is 6.29. The van der Waals surface area contributed by atoms with E-state index in [-0.39, 0.29) is 11.6 Å². The van der Waals surface area contributed by atoms with E-state index in [1.807, 2.05) is 30.3 Å². The lowest BCUT2D eigenvalue weighted by Gasteiger charge is -2.53. The number of hydrogen-bond donors (Lipinski definition) is 2. The van der Waals surface area contributed by atoms with Crippen LogP contribution in [0, 0.1) is 5.41 Å². The number of hydrogen-bond acceptors (Lipinski definition) is 3. The van der Waals surface area contributed by atoms with E-state index in [0.29, 0.717) is 12.0 Å². The first kappa shape index (κ1) is 15.3. The third kappa shape index (κ3) is 3.27. The molecule has 0 aromatic heterocycles. The Morgan fingerprint density at radius 2 is 1.73 bits per heavy atom. The van der Waals surface area contributed by atoms with Gasteiger partial charge in [-0.05, 0) is 62.5 Å². The van der Waals surface area contributed by atoms with E-state index in [4.69, 9.17) is 10.5 Å².